The summed E-state index contributed by atoms with van der Waals surface area (Å²) in [5, 5.41) is 19.3. The fraction of sp³-hybridized carbons (Fsp3) is 0.435. The second-order valence-electron chi connectivity index (χ2n) is 9.42. The van der Waals surface area contributed by atoms with Crippen LogP contribution in [-0.2, 0) is 14.8 Å². The molecule has 2 N–H and O–H groups in total. The number of nitrogens with zero attached hydrogens (tertiary/aromatic N) is 5. The highest BCUT2D eigenvalue weighted by Crippen LogP contribution is 2.44. The van der Waals surface area contributed by atoms with Crippen LogP contribution in [0.5, 0.6) is 5.75 Å². The van der Waals surface area contributed by atoms with Crippen LogP contribution in [0.2, 0.25) is 0 Å². The van der Waals surface area contributed by atoms with Gasteiger partial charge in [-0.1, -0.05) is 11.3 Å². The Bertz CT molecular complexity index is 1670. The van der Waals surface area contributed by atoms with E-state index in [9.17, 15) is 27.9 Å². The van der Waals surface area contributed by atoms with E-state index in [0.29, 0.717) is 5.52 Å². The van der Waals surface area contributed by atoms with Crippen LogP contribution < -0.4 is 20.4 Å². The third kappa shape index (κ3) is 4.72. The first-order valence-electron chi connectivity index (χ1n) is 12.0. The normalized spacial score (nSPS) is 18.4. The van der Waals surface area contributed by atoms with E-state index < -0.39 is 44.8 Å². The average Bonchev–Trinajstić information content (AvgIpc) is 3.60. The number of methoxy groups -OCH3 is 1. The van der Waals surface area contributed by atoms with Gasteiger partial charge in [0.25, 0.3) is 10.0 Å². The van der Waals surface area contributed by atoms with Crippen LogP contribution in [-0.4, -0.2) is 77.3 Å². The summed E-state index contributed by atoms with van der Waals surface area (Å²) >= 11 is 0.734. The van der Waals surface area contributed by atoms with E-state index in [4.69, 9.17) is 4.74 Å². The van der Waals surface area contributed by atoms with Crippen LogP contribution in [0.15, 0.2) is 21.4 Å². The predicted molar refractivity (Wildman–Crippen MR) is 140 cm³/mol. The molecule has 16 heteroatoms. The summed E-state index contributed by atoms with van der Waals surface area (Å²) in [6, 6.07) is 0.365. The molecule has 2 aliphatic rings. The number of ether oxygens (including phenoxy) is 1. The molecule has 1 aromatic carbocycles. The number of hydrogen-bond donors (Lipinski definition) is 2. The summed E-state index contributed by atoms with van der Waals surface area (Å²) in [4.78, 5) is 37.5. The van der Waals surface area contributed by atoms with Crippen molar-refractivity contribution in [3.05, 3.63) is 33.9 Å². The van der Waals surface area contributed by atoms with Gasteiger partial charge in [-0.15, -0.1) is 10.2 Å². The lowest BCUT2D eigenvalue weighted by Gasteiger charge is -2.40. The van der Waals surface area contributed by atoms with E-state index in [1.54, 1.807) is 16.4 Å². The van der Waals surface area contributed by atoms with Crippen molar-refractivity contribution in [1.82, 2.24) is 19.1 Å². The zero-order valence-electron chi connectivity index (χ0n) is 21.2. The molecule has 1 unspecified atom stereocenters. The van der Waals surface area contributed by atoms with Crippen molar-refractivity contribution >= 4 is 55.0 Å². The highest BCUT2D eigenvalue weighted by molar-refractivity contribution is 7.91. The maximum atomic E-state index is 15.6. The molecule has 1 atom stereocenters. The molecule has 2 aromatic heterocycles. The second-order valence-corrected chi connectivity index (χ2v) is 12.5. The number of carbonyl (C=O) groups excluding carboxylic acids is 1. The smallest absolute Gasteiger partial charge is 0.341 e. The number of carboxylic acids is 1. The Labute approximate surface area is 225 Å². The molecule has 2 fully saturated rings. The van der Waals surface area contributed by atoms with Gasteiger partial charge in [-0.3, -0.25) is 9.59 Å². The zero-order valence-corrected chi connectivity index (χ0v) is 22.8. The van der Waals surface area contributed by atoms with Crippen LogP contribution in [0.4, 0.5) is 15.2 Å². The Kier molecular flexibility index (Phi) is 6.80. The summed E-state index contributed by atoms with van der Waals surface area (Å²) in [5.41, 5.74) is -0.893. The number of pyridine rings is 1. The topological polar surface area (TPSA) is 164 Å². The van der Waals surface area contributed by atoms with E-state index in [1.165, 1.54) is 24.5 Å². The minimum Gasteiger partial charge on any atom is -0.492 e. The highest BCUT2D eigenvalue weighted by atomic mass is 32.2. The molecule has 3 heterocycles. The SMILES string of the molecule is COc1c(N2CCN(S(=O)(=O)c3nnc(NC(C)=O)s3)C(C)C2)c(F)cc2c(=O)c(C(=O)O)cn(C3CC3)c12. The fourth-order valence-electron chi connectivity index (χ4n) is 4.84. The summed E-state index contributed by atoms with van der Waals surface area (Å²) in [6.45, 7) is 3.12. The van der Waals surface area contributed by atoms with Crippen molar-refractivity contribution in [2.24, 2.45) is 0 Å². The van der Waals surface area contributed by atoms with Gasteiger partial charge >= 0.3 is 5.97 Å². The minimum atomic E-state index is -4.05. The molecule has 13 nitrogen and oxygen atoms in total. The van der Waals surface area contributed by atoms with Gasteiger partial charge in [0.2, 0.25) is 20.8 Å². The number of halogens is 1. The number of carboxylic acid groups (broad SMARTS) is 1. The van der Waals surface area contributed by atoms with Crippen LogP contribution in [0.3, 0.4) is 0 Å². The maximum absolute atomic E-state index is 15.6. The van der Waals surface area contributed by atoms with Gasteiger partial charge in [-0.2, -0.15) is 4.31 Å². The number of hydrogen-bond acceptors (Lipinski definition) is 10. The number of aromatic nitrogens is 3. The van der Waals surface area contributed by atoms with Gasteiger partial charge in [0.05, 0.1) is 18.0 Å². The monoisotopic (exact) mass is 580 g/mol. The van der Waals surface area contributed by atoms with Crippen molar-refractivity contribution in [2.45, 2.75) is 43.1 Å². The van der Waals surface area contributed by atoms with Crippen molar-refractivity contribution in [1.29, 1.82) is 0 Å². The van der Waals surface area contributed by atoms with Crippen molar-refractivity contribution in [3.63, 3.8) is 0 Å². The number of piperazine rings is 1. The Morgan fingerprint density at radius 3 is 2.56 bits per heavy atom. The number of amides is 1. The van der Waals surface area contributed by atoms with Crippen molar-refractivity contribution < 1.29 is 32.2 Å². The van der Waals surface area contributed by atoms with Gasteiger partial charge in [-0.25, -0.2) is 17.6 Å². The van der Waals surface area contributed by atoms with E-state index in [-0.39, 0.29) is 52.0 Å². The molecular formula is C23H25FN6O7S2. The molecule has 0 bridgehead atoms. The van der Waals surface area contributed by atoms with Crippen LogP contribution in [0.1, 0.15) is 43.1 Å². The first kappa shape index (κ1) is 27.0. The number of anilines is 2. The number of benzene rings is 1. The number of rotatable bonds is 7. The molecule has 39 heavy (non-hydrogen) atoms. The quantitative estimate of drug-likeness (QED) is 0.394. The molecule has 0 spiro atoms. The number of fused-ring (bicyclic) bond motifs is 1. The fourth-order valence-corrected chi connectivity index (χ4v) is 7.52. The van der Waals surface area contributed by atoms with Gasteiger partial charge < -0.3 is 24.6 Å². The third-order valence-corrected chi connectivity index (χ3v) is 9.87. The lowest BCUT2D eigenvalue weighted by molar-refractivity contribution is -0.114. The Morgan fingerprint density at radius 1 is 1.26 bits per heavy atom. The van der Waals surface area contributed by atoms with Gasteiger partial charge in [-0.05, 0) is 25.8 Å². The Hall–Kier alpha value is -3.63. The highest BCUT2D eigenvalue weighted by Gasteiger charge is 2.38. The molecule has 1 saturated carbocycles. The van der Waals surface area contributed by atoms with Crippen molar-refractivity contribution in [2.75, 3.05) is 37.0 Å². The molecule has 0 radical (unpaired) electrons. The van der Waals surface area contributed by atoms with E-state index in [0.717, 1.165) is 30.2 Å². The number of aromatic carboxylic acids is 1. The van der Waals surface area contributed by atoms with Crippen LogP contribution in [0, 0.1) is 5.82 Å². The van der Waals surface area contributed by atoms with Gasteiger partial charge in [0.15, 0.2) is 11.6 Å². The number of nitrogens with one attached hydrogen (secondary N) is 1. The minimum absolute atomic E-state index is 0.00738. The molecule has 5 rings (SSSR count). The number of sulfonamides is 1. The molecule has 208 valence electrons. The first-order chi connectivity index (χ1) is 18.4. The summed E-state index contributed by atoms with van der Waals surface area (Å²) < 4.78 is 50.4. The van der Waals surface area contributed by atoms with E-state index in [1.807, 2.05) is 0 Å². The molecule has 1 aliphatic carbocycles. The van der Waals surface area contributed by atoms with Gasteiger partial charge in [0, 0.05) is 44.8 Å². The van der Waals surface area contributed by atoms with Crippen molar-refractivity contribution in [3.8, 4) is 5.75 Å². The Morgan fingerprint density at radius 2 is 1.97 bits per heavy atom. The molecule has 1 amide bonds. The maximum Gasteiger partial charge on any atom is 0.341 e. The molecule has 1 saturated heterocycles. The molecule has 1 aliphatic heterocycles. The summed E-state index contributed by atoms with van der Waals surface area (Å²) in [5.74, 6) is -2.51. The molecular weight excluding hydrogens is 555 g/mol. The van der Waals surface area contributed by atoms with Crippen LogP contribution >= 0.6 is 11.3 Å². The summed E-state index contributed by atoms with van der Waals surface area (Å²) in [6.07, 6.45) is 2.82. The zero-order chi connectivity index (χ0) is 28.2. The summed E-state index contributed by atoms with van der Waals surface area (Å²) in [7, 11) is -2.70. The molecule has 3 aromatic rings. The first-order valence-corrected chi connectivity index (χ1v) is 14.3. The number of carbonyl (C=O) groups is 2. The standard InChI is InChI=1S/C23H25FN6O7S2/c1-11-9-28(6-7-30(11)39(35,36)23-27-26-22(38-23)25-12(2)31)18-16(24)8-14-17(20(18)37-3)29(13-4-5-13)10-15(19(14)32)21(33)34/h8,10-11,13H,4-7,9H2,1-3H3,(H,33,34)(H,25,26,31). The lowest BCUT2D eigenvalue weighted by atomic mass is 10.1. The largest absolute Gasteiger partial charge is 0.492 e. The third-order valence-electron chi connectivity index (χ3n) is 6.67. The van der Waals surface area contributed by atoms with Crippen LogP contribution in [0.25, 0.3) is 10.9 Å². The van der Waals surface area contributed by atoms with E-state index >= 15 is 4.39 Å². The average molecular weight is 581 g/mol. The van der Waals surface area contributed by atoms with E-state index in [2.05, 4.69) is 15.5 Å². The predicted octanol–water partition coefficient (Wildman–Crippen LogP) is 1.89. The Balaban J connectivity index is 1.52. The lowest BCUT2D eigenvalue weighted by Crippen LogP contribution is -2.54. The second kappa shape index (κ2) is 9.84. The van der Waals surface area contributed by atoms with Gasteiger partial charge in [0.1, 0.15) is 11.3 Å².